The molecule has 2 aromatic rings. The second-order valence-corrected chi connectivity index (χ2v) is 9.64. The lowest BCUT2D eigenvalue weighted by molar-refractivity contribution is -0.132. The van der Waals surface area contributed by atoms with E-state index in [0.717, 1.165) is 5.69 Å². The Labute approximate surface area is 187 Å². The van der Waals surface area contributed by atoms with Crippen molar-refractivity contribution in [2.24, 2.45) is 0 Å². The number of anilines is 1. The fraction of sp³-hybridized carbons (Fsp3) is 0.429. The predicted molar refractivity (Wildman–Crippen MR) is 121 cm³/mol. The van der Waals surface area contributed by atoms with Gasteiger partial charge >= 0.3 is 0 Å². The summed E-state index contributed by atoms with van der Waals surface area (Å²) in [5, 5.41) is 0.662. The summed E-state index contributed by atoms with van der Waals surface area (Å²) in [4.78, 5) is 28.9. The molecule has 0 atom stereocenters. The molecule has 1 aromatic carbocycles. The van der Waals surface area contributed by atoms with E-state index in [-0.39, 0.29) is 17.3 Å². The minimum Gasteiger partial charge on any atom is -0.368 e. The third-order valence-corrected chi connectivity index (χ3v) is 7.68. The first kappa shape index (κ1) is 23.3. The molecule has 0 spiro atoms. The molecular weight excluding hydrogens is 440 g/mol. The molecule has 31 heavy (non-hydrogen) atoms. The zero-order valence-corrected chi connectivity index (χ0v) is 19.3. The van der Waals surface area contributed by atoms with E-state index in [9.17, 15) is 18.0 Å². The normalized spacial score (nSPS) is 14.8. The van der Waals surface area contributed by atoms with Gasteiger partial charge in [-0.25, -0.2) is 8.42 Å². The number of halogens is 1. The molecule has 10 heteroatoms. The summed E-state index contributed by atoms with van der Waals surface area (Å²) in [6, 6.07) is 10.1. The van der Waals surface area contributed by atoms with Crippen LogP contribution in [0.4, 0.5) is 5.69 Å². The molecule has 8 nitrogen and oxygen atoms in total. The lowest BCUT2D eigenvalue weighted by atomic mass is 10.2. The van der Waals surface area contributed by atoms with E-state index in [4.69, 9.17) is 11.6 Å². The number of carbonyl (C=O) groups is 1. The van der Waals surface area contributed by atoms with Crippen LogP contribution in [0.2, 0.25) is 5.02 Å². The van der Waals surface area contributed by atoms with Crippen molar-refractivity contribution < 1.29 is 13.2 Å². The number of hydrogen-bond acceptors (Lipinski definition) is 5. The summed E-state index contributed by atoms with van der Waals surface area (Å²) in [7, 11) is -3.71. The van der Waals surface area contributed by atoms with Crippen molar-refractivity contribution in [1.29, 1.82) is 0 Å². The quantitative estimate of drug-likeness (QED) is 0.622. The van der Waals surface area contributed by atoms with Crippen LogP contribution in [-0.2, 0) is 21.4 Å². The van der Waals surface area contributed by atoms with Crippen LogP contribution in [0.3, 0.4) is 0 Å². The van der Waals surface area contributed by atoms with Crippen LogP contribution >= 0.6 is 11.6 Å². The van der Waals surface area contributed by atoms with Crippen LogP contribution in [0.25, 0.3) is 0 Å². The Hall–Kier alpha value is -2.36. The van der Waals surface area contributed by atoms with Gasteiger partial charge in [0.2, 0.25) is 15.9 Å². The largest absolute Gasteiger partial charge is 0.368 e. The van der Waals surface area contributed by atoms with Gasteiger partial charge in [0, 0.05) is 62.2 Å². The fourth-order valence-corrected chi connectivity index (χ4v) is 5.29. The molecule has 168 valence electrons. The number of rotatable bonds is 7. The van der Waals surface area contributed by atoms with Gasteiger partial charge < -0.3 is 14.4 Å². The van der Waals surface area contributed by atoms with Crippen molar-refractivity contribution in [1.82, 2.24) is 13.8 Å². The molecule has 3 rings (SSSR count). The number of sulfonamides is 1. The van der Waals surface area contributed by atoms with Crippen molar-refractivity contribution in [3.05, 3.63) is 58.0 Å². The summed E-state index contributed by atoms with van der Waals surface area (Å²) in [5.41, 5.74) is 0.592. The van der Waals surface area contributed by atoms with Crippen molar-refractivity contribution in [3.63, 3.8) is 0 Å². The maximum atomic E-state index is 12.8. The maximum Gasteiger partial charge on any atom is 0.251 e. The molecule has 1 fully saturated rings. The Morgan fingerprint density at radius 2 is 1.74 bits per heavy atom. The lowest BCUT2D eigenvalue weighted by Crippen LogP contribution is -2.50. The fourth-order valence-electron chi connectivity index (χ4n) is 3.63. The molecule has 0 bridgehead atoms. The van der Waals surface area contributed by atoms with Crippen LogP contribution in [0.5, 0.6) is 0 Å². The van der Waals surface area contributed by atoms with E-state index >= 15 is 0 Å². The number of carbonyl (C=O) groups excluding carboxylic acids is 1. The van der Waals surface area contributed by atoms with Crippen molar-refractivity contribution in [2.75, 3.05) is 44.2 Å². The summed E-state index contributed by atoms with van der Waals surface area (Å²) in [5.74, 6) is -0.217. The summed E-state index contributed by atoms with van der Waals surface area (Å²) in [6.45, 7) is 6.29. The molecule has 1 aliphatic rings. The highest BCUT2D eigenvalue weighted by Gasteiger charge is 2.24. The van der Waals surface area contributed by atoms with Crippen molar-refractivity contribution >= 4 is 33.2 Å². The molecule has 0 saturated carbocycles. The van der Waals surface area contributed by atoms with E-state index in [2.05, 4.69) is 4.90 Å². The molecular formula is C21H27ClN4O4S. The number of hydrogen-bond donors (Lipinski definition) is 0. The van der Waals surface area contributed by atoms with Gasteiger partial charge in [-0.2, -0.15) is 4.31 Å². The minimum atomic E-state index is -3.71. The van der Waals surface area contributed by atoms with Crippen LogP contribution in [0.1, 0.15) is 13.8 Å². The van der Waals surface area contributed by atoms with E-state index in [1.54, 1.807) is 18.7 Å². The van der Waals surface area contributed by atoms with Gasteiger partial charge in [-0.3, -0.25) is 9.59 Å². The Kier molecular flexibility index (Phi) is 7.40. The molecule has 2 heterocycles. The van der Waals surface area contributed by atoms with Crippen LogP contribution < -0.4 is 10.5 Å². The van der Waals surface area contributed by atoms with Crippen LogP contribution in [0.15, 0.2) is 52.3 Å². The smallest absolute Gasteiger partial charge is 0.251 e. The Balaban J connectivity index is 1.69. The van der Waals surface area contributed by atoms with E-state index < -0.39 is 15.6 Å². The summed E-state index contributed by atoms with van der Waals surface area (Å²) < 4.78 is 28.0. The zero-order valence-electron chi connectivity index (χ0n) is 17.7. The monoisotopic (exact) mass is 466 g/mol. The first-order valence-electron chi connectivity index (χ1n) is 10.2. The highest BCUT2D eigenvalue weighted by Crippen LogP contribution is 2.21. The minimum absolute atomic E-state index is 0.00868. The van der Waals surface area contributed by atoms with Crippen LogP contribution in [-0.4, -0.2) is 67.4 Å². The Bertz CT molecular complexity index is 1090. The van der Waals surface area contributed by atoms with Gasteiger partial charge in [0.25, 0.3) is 5.56 Å². The van der Waals surface area contributed by atoms with Gasteiger partial charge in [-0.15, -0.1) is 0 Å². The number of aromatic nitrogens is 1. The molecule has 1 saturated heterocycles. The average molecular weight is 467 g/mol. The number of piperazine rings is 1. The van der Waals surface area contributed by atoms with Crippen LogP contribution in [0, 0.1) is 0 Å². The third-order valence-electron chi connectivity index (χ3n) is 5.41. The number of nitrogens with zero attached hydrogens (tertiary/aromatic N) is 4. The molecule has 0 N–H and O–H groups in total. The topological polar surface area (TPSA) is 82.9 Å². The molecule has 0 aliphatic carbocycles. The van der Waals surface area contributed by atoms with E-state index in [1.807, 2.05) is 24.3 Å². The Morgan fingerprint density at radius 3 is 2.35 bits per heavy atom. The first-order valence-corrected chi connectivity index (χ1v) is 12.1. The SMILES string of the molecule is CCN(CC)S(=O)(=O)c1ccc(=O)n(CC(=O)N2CCN(c3cccc(Cl)c3)CC2)c1. The van der Waals surface area contributed by atoms with Crippen molar-refractivity contribution in [2.45, 2.75) is 25.3 Å². The third kappa shape index (κ3) is 5.28. The summed E-state index contributed by atoms with van der Waals surface area (Å²) >= 11 is 6.06. The van der Waals surface area contributed by atoms with Gasteiger partial charge in [0.05, 0.1) is 4.90 Å². The number of benzene rings is 1. The predicted octanol–water partition coefficient (Wildman–Crippen LogP) is 1.88. The number of pyridine rings is 1. The first-order chi connectivity index (χ1) is 14.8. The highest BCUT2D eigenvalue weighted by molar-refractivity contribution is 7.89. The van der Waals surface area contributed by atoms with E-state index in [0.29, 0.717) is 44.3 Å². The second kappa shape index (κ2) is 9.84. The van der Waals surface area contributed by atoms with Gasteiger partial charge in [-0.05, 0) is 24.3 Å². The summed E-state index contributed by atoms with van der Waals surface area (Å²) in [6.07, 6.45) is 1.26. The second-order valence-electron chi connectivity index (χ2n) is 7.27. The Morgan fingerprint density at radius 1 is 1.06 bits per heavy atom. The lowest BCUT2D eigenvalue weighted by Gasteiger charge is -2.36. The highest BCUT2D eigenvalue weighted by atomic mass is 35.5. The molecule has 1 amide bonds. The molecule has 1 aliphatic heterocycles. The van der Waals surface area contributed by atoms with Gasteiger partial charge in [-0.1, -0.05) is 31.5 Å². The number of amides is 1. The van der Waals surface area contributed by atoms with Crippen molar-refractivity contribution in [3.8, 4) is 0 Å². The standard InChI is InChI=1S/C21H27ClN4O4S/c1-3-26(4-2)31(29,30)19-8-9-20(27)25(15-19)16-21(28)24-12-10-23(11-13-24)18-7-5-6-17(22)14-18/h5-9,14-15H,3-4,10-13,16H2,1-2H3. The molecule has 1 aromatic heterocycles. The van der Waals surface area contributed by atoms with E-state index in [1.165, 1.54) is 27.2 Å². The molecule has 0 radical (unpaired) electrons. The van der Waals surface area contributed by atoms with Gasteiger partial charge in [0.1, 0.15) is 6.54 Å². The zero-order chi connectivity index (χ0) is 22.6. The maximum absolute atomic E-state index is 12.8. The van der Waals surface area contributed by atoms with Gasteiger partial charge in [0.15, 0.2) is 0 Å². The average Bonchev–Trinajstić information content (AvgIpc) is 2.76. The molecule has 0 unspecified atom stereocenters.